The van der Waals surface area contributed by atoms with Crippen molar-refractivity contribution in [2.24, 2.45) is 5.92 Å². The third-order valence-electron chi connectivity index (χ3n) is 4.64. The minimum atomic E-state index is 0.194. The van der Waals surface area contributed by atoms with Crippen molar-refractivity contribution in [3.05, 3.63) is 52.5 Å². The largest absolute Gasteiger partial charge is 0.334 e. The Balaban J connectivity index is 1.71. The summed E-state index contributed by atoms with van der Waals surface area (Å²) >= 11 is 1.66. The van der Waals surface area contributed by atoms with Gasteiger partial charge in [0.25, 0.3) is 0 Å². The highest BCUT2D eigenvalue weighted by atomic mass is 32.1. The first-order valence-electron chi connectivity index (χ1n) is 8.32. The zero-order valence-corrected chi connectivity index (χ0v) is 14.9. The van der Waals surface area contributed by atoms with Gasteiger partial charge in [0.2, 0.25) is 5.91 Å². The zero-order chi connectivity index (χ0) is 16.9. The van der Waals surface area contributed by atoms with Crippen LogP contribution in [0.2, 0.25) is 0 Å². The van der Waals surface area contributed by atoms with Gasteiger partial charge in [-0.05, 0) is 47.9 Å². The molecule has 0 aromatic carbocycles. The fourth-order valence-electron chi connectivity index (χ4n) is 3.14. The van der Waals surface area contributed by atoms with Crippen LogP contribution < -0.4 is 10.9 Å². The summed E-state index contributed by atoms with van der Waals surface area (Å²) in [5.41, 5.74) is 8.70. The molecule has 1 aliphatic heterocycles. The van der Waals surface area contributed by atoms with Gasteiger partial charge >= 0.3 is 0 Å². The number of rotatable bonds is 6. The fourth-order valence-corrected chi connectivity index (χ4v) is 3.80. The van der Waals surface area contributed by atoms with E-state index in [1.54, 1.807) is 17.5 Å². The number of hydrogen-bond donors (Lipinski definition) is 2. The van der Waals surface area contributed by atoms with Gasteiger partial charge in [-0.3, -0.25) is 20.6 Å². The average Bonchev–Trinajstić information content (AvgIpc) is 3.20. The average molecular weight is 344 g/mol. The van der Waals surface area contributed by atoms with E-state index in [9.17, 15) is 4.79 Å². The molecule has 0 aliphatic carbocycles. The maximum Gasteiger partial charge on any atom is 0.223 e. The first-order chi connectivity index (χ1) is 11.6. The molecule has 1 amide bonds. The van der Waals surface area contributed by atoms with Crippen molar-refractivity contribution in [3.8, 4) is 0 Å². The number of hydrazine groups is 1. The molecule has 6 heteroatoms. The van der Waals surface area contributed by atoms with Crippen molar-refractivity contribution in [2.75, 3.05) is 0 Å². The number of carbonyl (C=O) groups excluding carboxylic acids is 1. The number of aromatic nitrogens is 1. The second-order valence-corrected chi connectivity index (χ2v) is 7.26. The molecule has 0 radical (unpaired) electrons. The first-order valence-corrected chi connectivity index (χ1v) is 9.26. The van der Waals surface area contributed by atoms with Crippen LogP contribution >= 0.6 is 11.3 Å². The number of thiophene rings is 1. The molecular weight excluding hydrogens is 320 g/mol. The van der Waals surface area contributed by atoms with Crippen LogP contribution in [0, 0.1) is 5.92 Å². The molecule has 2 aromatic heterocycles. The van der Waals surface area contributed by atoms with Crippen LogP contribution in [0.3, 0.4) is 0 Å². The van der Waals surface area contributed by atoms with E-state index in [4.69, 9.17) is 0 Å². The van der Waals surface area contributed by atoms with Gasteiger partial charge in [0.1, 0.15) is 0 Å². The molecule has 0 saturated carbocycles. The summed E-state index contributed by atoms with van der Waals surface area (Å²) in [5.74, 6) is 0.496. The Labute approximate surface area is 147 Å². The molecule has 1 saturated heterocycles. The molecule has 1 fully saturated rings. The Morgan fingerprint density at radius 2 is 1.96 bits per heavy atom. The molecule has 0 bridgehead atoms. The van der Waals surface area contributed by atoms with Crippen molar-refractivity contribution in [1.82, 2.24) is 20.7 Å². The Hall–Kier alpha value is -1.76. The van der Waals surface area contributed by atoms with Crippen molar-refractivity contribution in [1.29, 1.82) is 0 Å². The lowest BCUT2D eigenvalue weighted by atomic mass is 9.92. The quantitative estimate of drug-likeness (QED) is 0.846. The van der Waals surface area contributed by atoms with Gasteiger partial charge in [-0.1, -0.05) is 6.07 Å². The normalized spacial score (nSPS) is 23.3. The van der Waals surface area contributed by atoms with Crippen molar-refractivity contribution in [2.45, 2.75) is 45.4 Å². The topological polar surface area (TPSA) is 57.3 Å². The first kappa shape index (κ1) is 17.1. The lowest BCUT2D eigenvalue weighted by Crippen LogP contribution is -2.35. The number of nitrogens with zero attached hydrogens (tertiary/aromatic N) is 2. The number of hydrogen-bond acceptors (Lipinski definition) is 5. The van der Waals surface area contributed by atoms with Crippen LogP contribution in [0.1, 0.15) is 31.4 Å². The Bertz CT molecular complexity index is 636. The maximum absolute atomic E-state index is 13.0. The highest BCUT2D eigenvalue weighted by Crippen LogP contribution is 2.21. The molecule has 0 spiro atoms. The van der Waals surface area contributed by atoms with Gasteiger partial charge in [0.15, 0.2) is 0 Å². The Morgan fingerprint density at radius 3 is 2.58 bits per heavy atom. The number of nitrogens with one attached hydrogen (secondary N) is 2. The lowest BCUT2D eigenvalue weighted by Gasteiger charge is -2.26. The van der Waals surface area contributed by atoms with E-state index in [2.05, 4.69) is 46.5 Å². The second kappa shape index (κ2) is 7.88. The van der Waals surface area contributed by atoms with Crippen LogP contribution in [0.15, 0.2) is 41.4 Å². The van der Waals surface area contributed by atoms with Crippen molar-refractivity contribution >= 4 is 17.2 Å². The minimum Gasteiger partial charge on any atom is -0.334 e. The molecule has 1 aliphatic rings. The molecule has 3 rings (SSSR count). The Morgan fingerprint density at radius 1 is 1.21 bits per heavy atom. The predicted molar refractivity (Wildman–Crippen MR) is 96.1 cm³/mol. The van der Waals surface area contributed by atoms with Gasteiger partial charge in [-0.15, -0.1) is 0 Å². The van der Waals surface area contributed by atoms with Crippen molar-refractivity contribution in [3.63, 3.8) is 0 Å². The molecular formula is C18H24N4OS. The third-order valence-corrected chi connectivity index (χ3v) is 5.37. The fraction of sp³-hybridized carbons (Fsp3) is 0.444. The van der Waals surface area contributed by atoms with Crippen LogP contribution in [0.4, 0.5) is 0 Å². The minimum absolute atomic E-state index is 0.194. The maximum atomic E-state index is 13.0. The summed E-state index contributed by atoms with van der Waals surface area (Å²) in [5, 5.41) is 4.16. The highest BCUT2D eigenvalue weighted by Gasteiger charge is 2.32. The summed E-state index contributed by atoms with van der Waals surface area (Å²) in [6, 6.07) is 6.61. The smallest absolute Gasteiger partial charge is 0.223 e. The standard InChI is InChI=1S/C18H24N4OS/c1-13-17(14(2)21-20-13)8-18(23)22(11-16-5-7-24-12-16)10-15-4-3-6-19-9-15/h3-7,9,12-14,17,20-21H,8,10-11H2,1-2H3. The van der Waals surface area contributed by atoms with E-state index >= 15 is 0 Å². The zero-order valence-electron chi connectivity index (χ0n) is 14.1. The molecule has 2 atom stereocenters. The van der Waals surface area contributed by atoms with Crippen LogP contribution in [0.5, 0.6) is 0 Å². The molecule has 2 aromatic rings. The van der Waals surface area contributed by atoms with E-state index in [0.717, 1.165) is 5.56 Å². The SMILES string of the molecule is CC1NNC(C)C1CC(=O)N(Cc1cccnc1)Cc1ccsc1. The van der Waals surface area contributed by atoms with E-state index in [1.165, 1.54) is 5.56 Å². The Kier molecular flexibility index (Phi) is 5.60. The summed E-state index contributed by atoms with van der Waals surface area (Å²) in [6.45, 7) is 5.49. The number of amides is 1. The predicted octanol–water partition coefficient (Wildman–Crippen LogP) is 2.56. The van der Waals surface area contributed by atoms with Gasteiger partial charge in [0, 0.05) is 49.9 Å². The summed E-state index contributed by atoms with van der Waals surface area (Å²) in [4.78, 5) is 19.1. The molecule has 128 valence electrons. The second-order valence-electron chi connectivity index (χ2n) is 6.48. The van der Waals surface area contributed by atoms with Crippen LogP contribution in [-0.4, -0.2) is 27.9 Å². The molecule has 24 heavy (non-hydrogen) atoms. The van der Waals surface area contributed by atoms with E-state index < -0.39 is 0 Å². The van der Waals surface area contributed by atoms with E-state index in [0.29, 0.717) is 37.5 Å². The summed E-state index contributed by atoms with van der Waals surface area (Å²) in [6.07, 6.45) is 4.14. The van der Waals surface area contributed by atoms with Crippen molar-refractivity contribution < 1.29 is 4.79 Å². The number of carbonyl (C=O) groups is 1. The molecule has 5 nitrogen and oxygen atoms in total. The molecule has 3 heterocycles. The van der Waals surface area contributed by atoms with Gasteiger partial charge < -0.3 is 4.90 Å². The summed E-state index contributed by atoms with van der Waals surface area (Å²) < 4.78 is 0. The van der Waals surface area contributed by atoms with E-state index in [-0.39, 0.29) is 5.91 Å². The van der Waals surface area contributed by atoms with Gasteiger partial charge in [-0.2, -0.15) is 11.3 Å². The highest BCUT2D eigenvalue weighted by molar-refractivity contribution is 7.07. The summed E-state index contributed by atoms with van der Waals surface area (Å²) in [7, 11) is 0. The van der Waals surface area contributed by atoms with Gasteiger partial charge in [-0.25, -0.2) is 0 Å². The van der Waals surface area contributed by atoms with Crippen LogP contribution in [0.25, 0.3) is 0 Å². The lowest BCUT2D eigenvalue weighted by molar-refractivity contribution is -0.133. The third kappa shape index (κ3) is 4.20. The molecule has 2 N–H and O–H groups in total. The molecule has 2 unspecified atom stereocenters. The van der Waals surface area contributed by atoms with E-state index in [1.807, 2.05) is 23.2 Å². The van der Waals surface area contributed by atoms with Gasteiger partial charge in [0.05, 0.1) is 0 Å². The monoisotopic (exact) mass is 344 g/mol. The van der Waals surface area contributed by atoms with Crippen LogP contribution in [-0.2, 0) is 17.9 Å². The number of pyridine rings is 1.